The third kappa shape index (κ3) is 5.83. The number of rotatable bonds is 8. The first-order valence-corrected chi connectivity index (χ1v) is 10.9. The summed E-state index contributed by atoms with van der Waals surface area (Å²) < 4.78 is 10.7. The van der Waals surface area contributed by atoms with Crippen molar-refractivity contribution in [3.05, 3.63) is 84.4 Å². The molecule has 1 saturated heterocycles. The summed E-state index contributed by atoms with van der Waals surface area (Å²) >= 11 is 0. The largest absolute Gasteiger partial charge is 0.497 e. The van der Waals surface area contributed by atoms with Crippen LogP contribution in [0.5, 0.6) is 11.5 Å². The van der Waals surface area contributed by atoms with E-state index >= 15 is 0 Å². The van der Waals surface area contributed by atoms with Crippen molar-refractivity contribution in [2.45, 2.75) is 13.0 Å². The van der Waals surface area contributed by atoms with Gasteiger partial charge < -0.3 is 19.7 Å². The molecule has 7 heteroatoms. The lowest BCUT2D eigenvalue weighted by Gasteiger charge is -2.35. The number of ether oxygens (including phenoxy) is 2. The molecule has 1 aliphatic rings. The van der Waals surface area contributed by atoms with Crippen LogP contribution in [0.4, 0.5) is 16.2 Å². The summed E-state index contributed by atoms with van der Waals surface area (Å²) in [7, 11) is 1.64. The highest BCUT2D eigenvalue weighted by atomic mass is 16.5. The standard InChI is InChI=1S/C26H27N3O4/c1-32-23-14-8-20(9-15-23)18-28-16-5-17-29(26(28)31)22-12-10-21(11-13-22)27-25(30)19-33-24-6-3-2-4-7-24/h2-4,6-15H,5,16-19H2,1H3,(H,27,30). The van der Waals surface area contributed by atoms with Crippen LogP contribution in [-0.2, 0) is 11.3 Å². The molecule has 1 aliphatic heterocycles. The molecule has 0 unspecified atom stereocenters. The summed E-state index contributed by atoms with van der Waals surface area (Å²) in [6.07, 6.45) is 0.886. The fourth-order valence-corrected chi connectivity index (χ4v) is 3.71. The number of para-hydroxylation sites is 1. The van der Waals surface area contributed by atoms with Crippen molar-refractivity contribution >= 4 is 23.3 Å². The number of benzene rings is 3. The lowest BCUT2D eigenvalue weighted by atomic mass is 10.1. The van der Waals surface area contributed by atoms with E-state index in [0.29, 0.717) is 24.5 Å². The number of nitrogens with zero attached hydrogens (tertiary/aromatic N) is 2. The first kappa shape index (κ1) is 22.2. The van der Waals surface area contributed by atoms with E-state index in [4.69, 9.17) is 9.47 Å². The molecule has 1 heterocycles. The first-order chi connectivity index (χ1) is 16.1. The fraction of sp³-hybridized carbons (Fsp3) is 0.231. The molecule has 0 bridgehead atoms. The molecule has 7 nitrogen and oxygen atoms in total. The van der Waals surface area contributed by atoms with Crippen LogP contribution in [0, 0.1) is 0 Å². The number of carbonyl (C=O) groups excluding carboxylic acids is 2. The van der Waals surface area contributed by atoms with Gasteiger partial charge in [-0.2, -0.15) is 0 Å². The molecule has 0 spiro atoms. The normalized spacial score (nSPS) is 13.5. The van der Waals surface area contributed by atoms with Crippen LogP contribution in [0.3, 0.4) is 0 Å². The highest BCUT2D eigenvalue weighted by Gasteiger charge is 2.26. The molecule has 0 saturated carbocycles. The predicted molar refractivity (Wildman–Crippen MR) is 128 cm³/mol. The monoisotopic (exact) mass is 445 g/mol. The molecule has 0 atom stereocenters. The van der Waals surface area contributed by atoms with E-state index in [1.165, 1.54) is 0 Å². The van der Waals surface area contributed by atoms with Gasteiger partial charge in [-0.05, 0) is 60.5 Å². The Morgan fingerprint density at radius 2 is 1.64 bits per heavy atom. The molecule has 1 N–H and O–H groups in total. The van der Waals surface area contributed by atoms with Crippen LogP contribution in [0.15, 0.2) is 78.9 Å². The third-order valence-electron chi connectivity index (χ3n) is 5.42. The zero-order chi connectivity index (χ0) is 23.0. The number of methoxy groups -OCH3 is 1. The second kappa shape index (κ2) is 10.5. The Hall–Kier alpha value is -4.00. The van der Waals surface area contributed by atoms with Gasteiger partial charge in [0.1, 0.15) is 11.5 Å². The summed E-state index contributed by atoms with van der Waals surface area (Å²) in [6, 6.07) is 24.2. The van der Waals surface area contributed by atoms with Crippen molar-refractivity contribution in [3.63, 3.8) is 0 Å². The van der Waals surface area contributed by atoms with Crippen LogP contribution in [-0.4, -0.2) is 43.6 Å². The van der Waals surface area contributed by atoms with Gasteiger partial charge in [0.05, 0.1) is 7.11 Å². The van der Waals surface area contributed by atoms with Crippen LogP contribution in [0.2, 0.25) is 0 Å². The van der Waals surface area contributed by atoms with E-state index in [1.807, 2.05) is 59.5 Å². The predicted octanol–water partition coefficient (Wildman–Crippen LogP) is 4.55. The molecule has 33 heavy (non-hydrogen) atoms. The van der Waals surface area contributed by atoms with Crippen molar-refractivity contribution in [1.82, 2.24) is 4.90 Å². The highest BCUT2D eigenvalue weighted by Crippen LogP contribution is 2.24. The van der Waals surface area contributed by atoms with Crippen LogP contribution >= 0.6 is 0 Å². The minimum atomic E-state index is -0.244. The minimum absolute atomic E-state index is 0.0230. The van der Waals surface area contributed by atoms with E-state index in [2.05, 4.69) is 5.32 Å². The van der Waals surface area contributed by atoms with Gasteiger partial charge in [0.15, 0.2) is 6.61 Å². The summed E-state index contributed by atoms with van der Waals surface area (Å²) in [4.78, 5) is 28.9. The fourth-order valence-electron chi connectivity index (χ4n) is 3.71. The lowest BCUT2D eigenvalue weighted by Crippen LogP contribution is -2.49. The number of urea groups is 1. The zero-order valence-electron chi connectivity index (χ0n) is 18.6. The van der Waals surface area contributed by atoms with Crippen molar-refractivity contribution in [2.75, 3.05) is 37.0 Å². The van der Waals surface area contributed by atoms with Gasteiger partial charge in [-0.1, -0.05) is 30.3 Å². The van der Waals surface area contributed by atoms with E-state index in [-0.39, 0.29) is 18.5 Å². The Bertz CT molecular complexity index is 1070. The first-order valence-electron chi connectivity index (χ1n) is 10.9. The summed E-state index contributed by atoms with van der Waals surface area (Å²) in [5.41, 5.74) is 2.51. The average molecular weight is 446 g/mol. The van der Waals surface area contributed by atoms with Crippen LogP contribution < -0.4 is 19.7 Å². The van der Waals surface area contributed by atoms with Crippen molar-refractivity contribution < 1.29 is 19.1 Å². The maximum atomic E-state index is 13.1. The third-order valence-corrected chi connectivity index (χ3v) is 5.42. The second-order valence-electron chi connectivity index (χ2n) is 7.75. The molecule has 0 radical (unpaired) electrons. The number of hydrogen-bond donors (Lipinski definition) is 1. The van der Waals surface area contributed by atoms with Gasteiger partial charge in [-0.3, -0.25) is 9.69 Å². The summed E-state index contributed by atoms with van der Waals surface area (Å²) in [5.74, 6) is 1.20. The minimum Gasteiger partial charge on any atom is -0.497 e. The van der Waals surface area contributed by atoms with Crippen LogP contribution in [0.25, 0.3) is 0 Å². The Morgan fingerprint density at radius 3 is 2.33 bits per heavy atom. The summed E-state index contributed by atoms with van der Waals surface area (Å²) in [6.45, 7) is 1.86. The van der Waals surface area contributed by atoms with Crippen molar-refractivity contribution in [1.29, 1.82) is 0 Å². The molecule has 170 valence electrons. The molecule has 1 fully saturated rings. The Balaban J connectivity index is 1.33. The van der Waals surface area contributed by atoms with Gasteiger partial charge >= 0.3 is 6.03 Å². The molecule has 3 aromatic carbocycles. The van der Waals surface area contributed by atoms with Gasteiger partial charge in [-0.15, -0.1) is 0 Å². The zero-order valence-corrected chi connectivity index (χ0v) is 18.6. The molecular formula is C26H27N3O4. The molecule has 3 amide bonds. The lowest BCUT2D eigenvalue weighted by molar-refractivity contribution is -0.118. The molecule has 0 aromatic heterocycles. The number of anilines is 2. The van der Waals surface area contributed by atoms with E-state index in [0.717, 1.165) is 30.0 Å². The average Bonchev–Trinajstić information content (AvgIpc) is 2.86. The Morgan fingerprint density at radius 1 is 0.909 bits per heavy atom. The topological polar surface area (TPSA) is 71.1 Å². The van der Waals surface area contributed by atoms with Gasteiger partial charge in [0, 0.05) is 31.0 Å². The maximum Gasteiger partial charge on any atom is 0.324 e. The quantitative estimate of drug-likeness (QED) is 0.552. The SMILES string of the molecule is COc1ccc(CN2CCCN(c3ccc(NC(=O)COc4ccccc4)cc3)C2=O)cc1. The Labute approximate surface area is 193 Å². The van der Waals surface area contributed by atoms with Gasteiger partial charge in [-0.25, -0.2) is 4.79 Å². The smallest absolute Gasteiger partial charge is 0.324 e. The van der Waals surface area contributed by atoms with E-state index < -0.39 is 0 Å². The van der Waals surface area contributed by atoms with Gasteiger partial charge in [0.2, 0.25) is 0 Å². The number of nitrogens with one attached hydrogen (secondary N) is 1. The van der Waals surface area contributed by atoms with Gasteiger partial charge in [0.25, 0.3) is 5.91 Å². The summed E-state index contributed by atoms with van der Waals surface area (Å²) in [5, 5.41) is 2.82. The highest BCUT2D eigenvalue weighted by molar-refractivity contribution is 5.94. The Kier molecular flexibility index (Phi) is 7.09. The molecular weight excluding hydrogens is 418 g/mol. The van der Waals surface area contributed by atoms with Crippen molar-refractivity contribution in [3.8, 4) is 11.5 Å². The van der Waals surface area contributed by atoms with E-state index in [1.54, 1.807) is 36.3 Å². The molecule has 0 aliphatic carbocycles. The number of hydrogen-bond acceptors (Lipinski definition) is 4. The number of amides is 3. The van der Waals surface area contributed by atoms with Crippen LogP contribution in [0.1, 0.15) is 12.0 Å². The second-order valence-corrected chi connectivity index (χ2v) is 7.75. The maximum absolute atomic E-state index is 13.1. The number of carbonyl (C=O) groups is 2. The molecule has 3 aromatic rings. The van der Waals surface area contributed by atoms with E-state index in [9.17, 15) is 9.59 Å². The van der Waals surface area contributed by atoms with Crippen molar-refractivity contribution in [2.24, 2.45) is 0 Å². The molecule has 4 rings (SSSR count).